The van der Waals surface area contributed by atoms with Gasteiger partial charge in [-0.2, -0.15) is 4.98 Å². The van der Waals surface area contributed by atoms with Crippen LogP contribution < -0.4 is 5.73 Å². The van der Waals surface area contributed by atoms with Gasteiger partial charge in [0.25, 0.3) is 6.01 Å². The van der Waals surface area contributed by atoms with Crippen LogP contribution in [-0.4, -0.2) is 4.98 Å². The van der Waals surface area contributed by atoms with E-state index >= 15 is 0 Å². The molecule has 0 fully saturated rings. The summed E-state index contributed by atoms with van der Waals surface area (Å²) in [5.74, 6) is -0.904. The quantitative estimate of drug-likeness (QED) is 0.873. The fourth-order valence-corrected chi connectivity index (χ4v) is 1.60. The number of anilines is 1. The number of rotatable bonds is 2. The summed E-state index contributed by atoms with van der Waals surface area (Å²) in [6.07, 6.45) is 0. The average molecular weight is 238 g/mol. The van der Waals surface area contributed by atoms with Crippen LogP contribution in [0.25, 0.3) is 11.3 Å². The minimum absolute atomic E-state index is 0.00807. The molecule has 1 heterocycles. The molecule has 0 aliphatic rings. The van der Waals surface area contributed by atoms with E-state index in [4.69, 9.17) is 10.2 Å². The molecule has 0 radical (unpaired) electrons. The van der Waals surface area contributed by atoms with E-state index in [1.54, 1.807) is 0 Å². The van der Waals surface area contributed by atoms with Gasteiger partial charge in [-0.05, 0) is 24.1 Å². The molecular weight excluding hydrogens is 226 g/mol. The van der Waals surface area contributed by atoms with Gasteiger partial charge in [-0.25, -0.2) is 8.78 Å². The molecule has 0 saturated carbocycles. The average Bonchev–Trinajstić information content (AvgIpc) is 2.64. The highest BCUT2D eigenvalue weighted by Gasteiger charge is 2.19. The largest absolute Gasteiger partial charge is 0.423 e. The molecule has 0 saturated heterocycles. The van der Waals surface area contributed by atoms with E-state index in [-0.39, 0.29) is 23.3 Å². The van der Waals surface area contributed by atoms with E-state index in [0.717, 1.165) is 18.2 Å². The van der Waals surface area contributed by atoms with Crippen molar-refractivity contribution < 1.29 is 13.2 Å². The molecule has 0 aliphatic heterocycles. The first-order valence-corrected chi connectivity index (χ1v) is 5.20. The Bertz CT molecular complexity index is 549. The summed E-state index contributed by atoms with van der Waals surface area (Å²) in [5, 5.41) is 0. The Balaban J connectivity index is 2.63. The second-order valence-corrected chi connectivity index (χ2v) is 4.05. The summed E-state index contributed by atoms with van der Waals surface area (Å²) in [5.41, 5.74) is 6.01. The molecule has 0 unspecified atom stereocenters. The highest BCUT2D eigenvalue weighted by atomic mass is 19.1. The lowest BCUT2D eigenvalue weighted by Crippen LogP contribution is -1.93. The number of nitrogens with two attached hydrogens (primary N) is 1. The van der Waals surface area contributed by atoms with Gasteiger partial charge < -0.3 is 10.2 Å². The van der Waals surface area contributed by atoms with Crippen LogP contribution in [0.15, 0.2) is 22.6 Å². The van der Waals surface area contributed by atoms with Crippen LogP contribution in [0.5, 0.6) is 0 Å². The molecule has 3 nitrogen and oxygen atoms in total. The first kappa shape index (κ1) is 11.6. The molecule has 90 valence electrons. The van der Waals surface area contributed by atoms with Crippen molar-refractivity contribution in [2.24, 2.45) is 0 Å². The highest BCUT2D eigenvalue weighted by molar-refractivity contribution is 5.62. The van der Waals surface area contributed by atoms with Crippen molar-refractivity contribution in [1.29, 1.82) is 0 Å². The zero-order valence-electron chi connectivity index (χ0n) is 9.50. The molecular formula is C12H12F2N2O. The molecule has 0 aliphatic carbocycles. The summed E-state index contributed by atoms with van der Waals surface area (Å²) in [6, 6.07) is 3.12. The lowest BCUT2D eigenvalue weighted by atomic mass is 10.0. The molecule has 0 amide bonds. The number of halogens is 2. The summed E-state index contributed by atoms with van der Waals surface area (Å²) < 4.78 is 31.9. The number of nitrogens with zero attached hydrogens (tertiary/aromatic N) is 1. The van der Waals surface area contributed by atoms with Gasteiger partial charge in [0.2, 0.25) is 0 Å². The van der Waals surface area contributed by atoms with Gasteiger partial charge in [-0.1, -0.05) is 13.8 Å². The number of nitrogen functional groups attached to an aromatic ring is 1. The van der Waals surface area contributed by atoms with Crippen LogP contribution in [0, 0.1) is 11.6 Å². The van der Waals surface area contributed by atoms with E-state index in [1.165, 1.54) is 0 Å². The fraction of sp³-hybridized carbons (Fsp3) is 0.250. The van der Waals surface area contributed by atoms with Gasteiger partial charge in [0.15, 0.2) is 5.76 Å². The molecule has 0 spiro atoms. The highest BCUT2D eigenvalue weighted by Crippen LogP contribution is 2.32. The van der Waals surface area contributed by atoms with Crippen LogP contribution in [0.3, 0.4) is 0 Å². The Kier molecular flexibility index (Phi) is 2.83. The Morgan fingerprint density at radius 1 is 1.29 bits per heavy atom. The normalized spacial score (nSPS) is 11.1. The van der Waals surface area contributed by atoms with Crippen molar-refractivity contribution >= 4 is 6.01 Å². The topological polar surface area (TPSA) is 52.0 Å². The van der Waals surface area contributed by atoms with Gasteiger partial charge in [-0.3, -0.25) is 0 Å². The maximum Gasteiger partial charge on any atom is 0.292 e. The summed E-state index contributed by atoms with van der Waals surface area (Å²) in [4.78, 5) is 3.98. The Labute approximate surface area is 97.3 Å². The molecule has 2 N–H and O–H groups in total. The van der Waals surface area contributed by atoms with Crippen LogP contribution in [0.2, 0.25) is 0 Å². The lowest BCUT2D eigenvalue weighted by molar-refractivity contribution is 0.569. The second-order valence-electron chi connectivity index (χ2n) is 4.05. The van der Waals surface area contributed by atoms with Crippen LogP contribution >= 0.6 is 0 Å². The lowest BCUT2D eigenvalue weighted by Gasteiger charge is -2.04. The maximum absolute atomic E-state index is 13.6. The van der Waals surface area contributed by atoms with Crippen LogP contribution in [-0.2, 0) is 0 Å². The van der Waals surface area contributed by atoms with Crippen LogP contribution in [0.4, 0.5) is 14.8 Å². The maximum atomic E-state index is 13.6. The molecule has 17 heavy (non-hydrogen) atoms. The summed E-state index contributed by atoms with van der Waals surface area (Å²) in [6.45, 7) is 3.75. The van der Waals surface area contributed by atoms with Gasteiger partial charge >= 0.3 is 0 Å². The number of benzene rings is 1. The van der Waals surface area contributed by atoms with E-state index < -0.39 is 11.6 Å². The predicted octanol–water partition coefficient (Wildman–Crippen LogP) is 3.33. The molecule has 0 atom stereocenters. The molecule has 5 heteroatoms. The molecule has 2 aromatic rings. The molecule has 1 aromatic heterocycles. The predicted molar refractivity (Wildman–Crippen MR) is 60.4 cm³/mol. The van der Waals surface area contributed by atoms with E-state index in [1.807, 2.05) is 13.8 Å². The van der Waals surface area contributed by atoms with Gasteiger partial charge in [0.05, 0.1) is 11.3 Å². The first-order chi connectivity index (χ1) is 7.99. The minimum Gasteiger partial charge on any atom is -0.423 e. The number of hydrogen-bond acceptors (Lipinski definition) is 3. The van der Waals surface area contributed by atoms with Crippen molar-refractivity contribution in [2.75, 3.05) is 5.73 Å². The molecule has 2 rings (SSSR count). The third-order valence-corrected chi connectivity index (χ3v) is 2.39. The Morgan fingerprint density at radius 3 is 2.65 bits per heavy atom. The monoisotopic (exact) mass is 238 g/mol. The zero-order chi connectivity index (χ0) is 12.6. The number of aromatic nitrogens is 1. The van der Waals surface area contributed by atoms with Crippen LogP contribution in [0.1, 0.15) is 25.5 Å². The van der Waals surface area contributed by atoms with Crippen molar-refractivity contribution in [3.63, 3.8) is 0 Å². The van der Waals surface area contributed by atoms with Gasteiger partial charge in [0.1, 0.15) is 11.6 Å². The molecule has 1 aromatic carbocycles. The van der Waals surface area contributed by atoms with E-state index in [2.05, 4.69) is 4.98 Å². The number of hydrogen-bond donors (Lipinski definition) is 1. The Hall–Kier alpha value is -1.91. The third-order valence-electron chi connectivity index (χ3n) is 2.39. The number of oxazole rings is 1. The fourth-order valence-electron chi connectivity index (χ4n) is 1.60. The second kappa shape index (κ2) is 4.16. The Morgan fingerprint density at radius 2 is 2.00 bits per heavy atom. The van der Waals surface area contributed by atoms with Crippen molar-refractivity contribution in [2.45, 2.75) is 19.8 Å². The minimum atomic E-state index is -0.565. The zero-order valence-corrected chi connectivity index (χ0v) is 9.50. The van der Waals surface area contributed by atoms with E-state index in [0.29, 0.717) is 5.69 Å². The molecule has 0 bridgehead atoms. The summed E-state index contributed by atoms with van der Waals surface area (Å²) in [7, 11) is 0. The summed E-state index contributed by atoms with van der Waals surface area (Å²) >= 11 is 0. The third kappa shape index (κ3) is 2.13. The van der Waals surface area contributed by atoms with Crippen molar-refractivity contribution in [3.05, 3.63) is 35.5 Å². The van der Waals surface area contributed by atoms with Crippen molar-refractivity contribution in [3.8, 4) is 11.3 Å². The SMILES string of the molecule is CC(C)c1nc(N)oc1-c1cc(F)ccc1F. The standard InChI is InChI=1S/C12H12F2N2O/c1-6(2)10-11(17-12(15)16-10)8-5-7(13)3-4-9(8)14/h3-6H,1-2H3,(H2,15,16). The van der Waals surface area contributed by atoms with Gasteiger partial charge in [-0.15, -0.1) is 0 Å². The smallest absolute Gasteiger partial charge is 0.292 e. The van der Waals surface area contributed by atoms with Gasteiger partial charge in [0, 0.05) is 0 Å². The first-order valence-electron chi connectivity index (χ1n) is 5.20. The van der Waals surface area contributed by atoms with E-state index in [9.17, 15) is 8.78 Å². The van der Waals surface area contributed by atoms with Crippen molar-refractivity contribution in [1.82, 2.24) is 4.98 Å².